The number of hydrogen-bond donors (Lipinski definition) is 1. The predicted molar refractivity (Wildman–Crippen MR) is 57.9 cm³/mol. The van der Waals surface area contributed by atoms with Gasteiger partial charge in [-0.15, -0.1) is 0 Å². The van der Waals surface area contributed by atoms with Crippen molar-refractivity contribution in [3.8, 4) is 5.75 Å². The summed E-state index contributed by atoms with van der Waals surface area (Å²) < 4.78 is 10.5. The van der Waals surface area contributed by atoms with Crippen molar-refractivity contribution in [2.45, 2.75) is 6.92 Å². The fraction of sp³-hybridized carbons (Fsp3) is 0.400. The van der Waals surface area contributed by atoms with Crippen LogP contribution in [0.25, 0.3) is 0 Å². The lowest BCUT2D eigenvalue weighted by Gasteiger charge is -2.08. The molecule has 0 heterocycles. The van der Waals surface area contributed by atoms with E-state index in [1.807, 2.05) is 6.92 Å². The molecule has 0 unspecified atom stereocenters. The fourth-order valence-corrected chi connectivity index (χ4v) is 1.15. The molecule has 0 amide bonds. The normalized spacial score (nSPS) is 10.1. The minimum atomic E-state index is 0.485. The van der Waals surface area contributed by atoms with Crippen molar-refractivity contribution < 1.29 is 9.47 Å². The first kappa shape index (κ1) is 11.1. The molecule has 0 radical (unpaired) electrons. The third kappa shape index (κ3) is 3.44. The van der Waals surface area contributed by atoms with E-state index in [9.17, 15) is 0 Å². The van der Waals surface area contributed by atoms with Crippen LogP contribution < -0.4 is 10.5 Å². The largest absolute Gasteiger partial charge is 0.489 e. The number of anilines is 1. The molecule has 0 saturated carbocycles. The Morgan fingerprint density at radius 1 is 1.36 bits per heavy atom. The van der Waals surface area contributed by atoms with Gasteiger partial charge in [-0.1, -0.05) is 11.6 Å². The highest BCUT2D eigenvalue weighted by Gasteiger charge is 2.00. The second-order valence-corrected chi connectivity index (χ2v) is 3.16. The van der Waals surface area contributed by atoms with Gasteiger partial charge in [-0.25, -0.2) is 0 Å². The standard InChI is InChI=1S/C10H14ClNO2/c1-2-13-5-6-14-10-7-8(11)3-4-9(10)12/h3-4,7H,2,5-6,12H2,1H3. The van der Waals surface area contributed by atoms with Crippen LogP contribution in [0.4, 0.5) is 5.69 Å². The number of nitrogen functional groups attached to an aromatic ring is 1. The van der Waals surface area contributed by atoms with Gasteiger partial charge >= 0.3 is 0 Å². The van der Waals surface area contributed by atoms with Crippen LogP contribution in [0.1, 0.15) is 6.92 Å². The third-order valence-corrected chi connectivity index (χ3v) is 1.90. The molecule has 0 aliphatic rings. The molecule has 78 valence electrons. The summed E-state index contributed by atoms with van der Waals surface area (Å²) in [5.41, 5.74) is 6.27. The van der Waals surface area contributed by atoms with Gasteiger partial charge in [0.15, 0.2) is 0 Å². The maximum absolute atomic E-state index is 5.79. The molecule has 0 fully saturated rings. The zero-order valence-corrected chi connectivity index (χ0v) is 8.88. The molecular weight excluding hydrogens is 202 g/mol. The SMILES string of the molecule is CCOCCOc1cc(Cl)ccc1N. The molecule has 0 aromatic heterocycles. The van der Waals surface area contributed by atoms with E-state index in [0.717, 1.165) is 0 Å². The summed E-state index contributed by atoms with van der Waals surface area (Å²) in [5, 5.41) is 0.616. The molecule has 0 aliphatic heterocycles. The van der Waals surface area contributed by atoms with Crippen LogP contribution in [0, 0.1) is 0 Å². The van der Waals surface area contributed by atoms with Gasteiger partial charge in [-0.2, -0.15) is 0 Å². The Kier molecular flexibility index (Phi) is 4.56. The lowest BCUT2D eigenvalue weighted by molar-refractivity contribution is 0.110. The first-order chi connectivity index (χ1) is 6.74. The Labute approximate surface area is 88.8 Å². The smallest absolute Gasteiger partial charge is 0.143 e. The number of ether oxygens (including phenoxy) is 2. The van der Waals surface area contributed by atoms with E-state index in [1.165, 1.54) is 0 Å². The van der Waals surface area contributed by atoms with E-state index in [4.69, 9.17) is 26.8 Å². The number of halogens is 1. The molecule has 4 heteroatoms. The maximum atomic E-state index is 5.79. The summed E-state index contributed by atoms with van der Waals surface area (Å²) in [6.07, 6.45) is 0. The molecule has 2 N–H and O–H groups in total. The van der Waals surface area contributed by atoms with Crippen LogP contribution in [0.2, 0.25) is 5.02 Å². The Morgan fingerprint density at radius 2 is 2.14 bits per heavy atom. The zero-order chi connectivity index (χ0) is 10.4. The Morgan fingerprint density at radius 3 is 2.86 bits per heavy atom. The van der Waals surface area contributed by atoms with Crippen molar-refractivity contribution >= 4 is 17.3 Å². The van der Waals surface area contributed by atoms with Crippen molar-refractivity contribution in [3.05, 3.63) is 23.2 Å². The van der Waals surface area contributed by atoms with Gasteiger partial charge in [0.05, 0.1) is 12.3 Å². The minimum Gasteiger partial charge on any atom is -0.489 e. The first-order valence-corrected chi connectivity index (χ1v) is 4.87. The molecule has 14 heavy (non-hydrogen) atoms. The van der Waals surface area contributed by atoms with Crippen molar-refractivity contribution in [1.82, 2.24) is 0 Å². The summed E-state index contributed by atoms with van der Waals surface area (Å²) in [5.74, 6) is 0.609. The molecule has 0 spiro atoms. The summed E-state index contributed by atoms with van der Waals surface area (Å²) >= 11 is 5.79. The van der Waals surface area contributed by atoms with E-state index in [1.54, 1.807) is 18.2 Å². The topological polar surface area (TPSA) is 44.5 Å². The fourth-order valence-electron chi connectivity index (χ4n) is 0.988. The van der Waals surface area contributed by atoms with Gasteiger partial charge in [0.2, 0.25) is 0 Å². The van der Waals surface area contributed by atoms with Gasteiger partial charge in [0.25, 0.3) is 0 Å². The first-order valence-electron chi connectivity index (χ1n) is 4.49. The highest BCUT2D eigenvalue weighted by molar-refractivity contribution is 6.30. The van der Waals surface area contributed by atoms with Crippen molar-refractivity contribution in [1.29, 1.82) is 0 Å². The van der Waals surface area contributed by atoms with Gasteiger partial charge in [0.1, 0.15) is 12.4 Å². The molecule has 0 bridgehead atoms. The van der Waals surface area contributed by atoms with Crippen LogP contribution in [-0.4, -0.2) is 19.8 Å². The molecule has 1 rings (SSSR count). The average Bonchev–Trinajstić information content (AvgIpc) is 2.18. The predicted octanol–water partition coefficient (Wildman–Crippen LogP) is 2.34. The van der Waals surface area contributed by atoms with Crippen LogP contribution in [0.15, 0.2) is 18.2 Å². The molecule has 0 atom stereocenters. The van der Waals surface area contributed by atoms with Crippen molar-refractivity contribution in [3.63, 3.8) is 0 Å². The highest BCUT2D eigenvalue weighted by atomic mass is 35.5. The Hall–Kier alpha value is -0.930. The number of rotatable bonds is 5. The van der Waals surface area contributed by atoms with E-state index in [0.29, 0.717) is 36.3 Å². The monoisotopic (exact) mass is 215 g/mol. The Balaban J connectivity index is 2.45. The lowest BCUT2D eigenvalue weighted by Crippen LogP contribution is -2.07. The van der Waals surface area contributed by atoms with Crippen molar-refractivity contribution in [2.75, 3.05) is 25.6 Å². The van der Waals surface area contributed by atoms with E-state index >= 15 is 0 Å². The molecule has 0 saturated heterocycles. The minimum absolute atomic E-state index is 0.485. The lowest BCUT2D eigenvalue weighted by atomic mass is 10.3. The van der Waals surface area contributed by atoms with E-state index < -0.39 is 0 Å². The van der Waals surface area contributed by atoms with Crippen LogP contribution >= 0.6 is 11.6 Å². The third-order valence-electron chi connectivity index (χ3n) is 1.66. The number of hydrogen-bond acceptors (Lipinski definition) is 3. The summed E-state index contributed by atoms with van der Waals surface area (Å²) in [7, 11) is 0. The second-order valence-electron chi connectivity index (χ2n) is 2.73. The van der Waals surface area contributed by atoms with Gasteiger partial charge < -0.3 is 15.2 Å². The number of benzene rings is 1. The van der Waals surface area contributed by atoms with Gasteiger partial charge in [-0.05, 0) is 19.1 Å². The molecule has 3 nitrogen and oxygen atoms in total. The summed E-state index contributed by atoms with van der Waals surface area (Å²) in [6.45, 7) is 3.67. The Bertz CT molecular complexity index is 291. The van der Waals surface area contributed by atoms with E-state index in [-0.39, 0.29) is 0 Å². The van der Waals surface area contributed by atoms with Gasteiger partial charge in [0, 0.05) is 17.7 Å². The number of nitrogens with two attached hydrogens (primary N) is 1. The van der Waals surface area contributed by atoms with Crippen LogP contribution in [0.5, 0.6) is 5.75 Å². The highest BCUT2D eigenvalue weighted by Crippen LogP contribution is 2.24. The van der Waals surface area contributed by atoms with E-state index in [2.05, 4.69) is 0 Å². The second kappa shape index (κ2) is 5.73. The molecule has 0 aliphatic carbocycles. The van der Waals surface area contributed by atoms with Crippen LogP contribution in [-0.2, 0) is 4.74 Å². The zero-order valence-electron chi connectivity index (χ0n) is 8.13. The molecule has 1 aromatic carbocycles. The van der Waals surface area contributed by atoms with Crippen LogP contribution in [0.3, 0.4) is 0 Å². The summed E-state index contributed by atoms with van der Waals surface area (Å²) in [6, 6.07) is 5.15. The maximum Gasteiger partial charge on any atom is 0.143 e. The summed E-state index contributed by atoms with van der Waals surface area (Å²) in [4.78, 5) is 0. The quantitative estimate of drug-likeness (QED) is 0.606. The average molecular weight is 216 g/mol. The van der Waals surface area contributed by atoms with Crippen molar-refractivity contribution in [2.24, 2.45) is 0 Å². The molecular formula is C10H14ClNO2. The molecule has 1 aromatic rings. The van der Waals surface area contributed by atoms with Gasteiger partial charge in [-0.3, -0.25) is 0 Å².